The highest BCUT2D eigenvalue weighted by Gasteiger charge is 2.21. The zero-order chi connectivity index (χ0) is 21.0. The normalized spacial score (nSPS) is 12.5. The van der Waals surface area contributed by atoms with E-state index in [4.69, 9.17) is 10.3 Å². The Kier molecular flexibility index (Phi) is 16.6. The molecule has 0 spiro atoms. The van der Waals surface area contributed by atoms with Gasteiger partial charge in [0.1, 0.15) is 0 Å². The third kappa shape index (κ3) is 14.8. The maximum Gasteiger partial charge on any atom is 0.334 e. The SMILES string of the molecule is CCCCCC(=[N+]=[N-])C(=O)CC(O)/C=C/C=C\C/C=C\CCCC(=O)OCC. The first-order chi connectivity index (χ1) is 13.5. The van der Waals surface area contributed by atoms with Gasteiger partial charge >= 0.3 is 11.7 Å². The summed E-state index contributed by atoms with van der Waals surface area (Å²) in [6.45, 7) is 4.28. The standard InChI is InChI=1S/C22H34N2O4/c1-3-5-12-16-20(24-23)21(26)18-19(25)15-13-10-8-6-7-9-11-14-17-22(27)28-4-2/h7-10,13,15,19,25H,3-6,11-12,14,16-18H2,1-2H3/b9-7-,10-8-,15-13+. The number of nitrogens with zero attached hydrogens (tertiary/aromatic N) is 2. The van der Waals surface area contributed by atoms with E-state index in [1.54, 1.807) is 25.2 Å². The fourth-order valence-electron chi connectivity index (χ4n) is 2.40. The Morgan fingerprint density at radius 3 is 2.54 bits per heavy atom. The molecule has 0 amide bonds. The van der Waals surface area contributed by atoms with Crippen molar-refractivity contribution in [2.45, 2.75) is 77.7 Å². The van der Waals surface area contributed by atoms with Crippen molar-refractivity contribution >= 4 is 17.5 Å². The number of aliphatic hydroxyl groups excluding tert-OH is 1. The predicted molar refractivity (Wildman–Crippen MR) is 111 cm³/mol. The van der Waals surface area contributed by atoms with Gasteiger partial charge in [0.05, 0.1) is 19.1 Å². The fraction of sp³-hybridized carbons (Fsp3) is 0.591. The van der Waals surface area contributed by atoms with E-state index in [-0.39, 0.29) is 23.9 Å². The number of aliphatic hydroxyl groups is 1. The van der Waals surface area contributed by atoms with Crippen molar-refractivity contribution in [2.75, 3.05) is 6.61 Å². The third-order valence-corrected chi connectivity index (χ3v) is 3.93. The smallest absolute Gasteiger partial charge is 0.334 e. The Morgan fingerprint density at radius 1 is 1.07 bits per heavy atom. The lowest BCUT2D eigenvalue weighted by Gasteiger charge is -2.01. The topological polar surface area (TPSA) is 100 Å². The lowest BCUT2D eigenvalue weighted by atomic mass is 10.0. The molecule has 0 aliphatic heterocycles. The summed E-state index contributed by atoms with van der Waals surface area (Å²) in [5.74, 6) is -0.484. The Balaban J connectivity index is 4.01. The molecular formula is C22H34N2O4. The van der Waals surface area contributed by atoms with E-state index >= 15 is 0 Å². The van der Waals surface area contributed by atoms with Crippen LogP contribution >= 0.6 is 0 Å². The molecule has 0 saturated heterocycles. The summed E-state index contributed by atoms with van der Waals surface area (Å²) in [7, 11) is 0. The van der Waals surface area contributed by atoms with Crippen LogP contribution in [0.2, 0.25) is 0 Å². The zero-order valence-corrected chi connectivity index (χ0v) is 17.2. The Hall–Kier alpha value is -2.30. The van der Waals surface area contributed by atoms with Crippen molar-refractivity contribution in [1.29, 1.82) is 0 Å². The molecule has 0 radical (unpaired) electrons. The van der Waals surface area contributed by atoms with Crippen LogP contribution in [-0.2, 0) is 14.3 Å². The summed E-state index contributed by atoms with van der Waals surface area (Å²) in [5, 5.41) is 9.89. The van der Waals surface area contributed by atoms with Gasteiger partial charge in [-0.05, 0) is 32.6 Å². The average molecular weight is 391 g/mol. The average Bonchev–Trinajstić information content (AvgIpc) is 2.66. The van der Waals surface area contributed by atoms with Crippen LogP contribution in [0.25, 0.3) is 5.53 Å². The molecular weight excluding hydrogens is 356 g/mol. The molecule has 0 aromatic heterocycles. The molecule has 0 bridgehead atoms. The van der Waals surface area contributed by atoms with Crippen molar-refractivity contribution in [3.8, 4) is 0 Å². The summed E-state index contributed by atoms with van der Waals surface area (Å²) in [6, 6.07) is 0. The molecule has 28 heavy (non-hydrogen) atoms. The maximum atomic E-state index is 12.0. The highest BCUT2D eigenvalue weighted by Crippen LogP contribution is 2.04. The number of hydrogen-bond donors (Lipinski definition) is 1. The molecule has 0 aromatic rings. The molecule has 156 valence electrons. The van der Waals surface area contributed by atoms with E-state index in [1.165, 1.54) is 0 Å². The summed E-state index contributed by atoms with van der Waals surface area (Å²) < 4.78 is 4.86. The number of esters is 1. The van der Waals surface area contributed by atoms with Gasteiger partial charge < -0.3 is 15.4 Å². The summed E-state index contributed by atoms with van der Waals surface area (Å²) in [4.78, 5) is 26.2. The summed E-state index contributed by atoms with van der Waals surface area (Å²) in [5.41, 5.74) is 9.07. The van der Waals surface area contributed by atoms with Gasteiger partial charge in [-0.1, -0.05) is 56.2 Å². The number of allylic oxidation sites excluding steroid dienone is 5. The number of ketones is 1. The summed E-state index contributed by atoms with van der Waals surface area (Å²) >= 11 is 0. The second kappa shape index (κ2) is 18.1. The van der Waals surface area contributed by atoms with Gasteiger partial charge in [0, 0.05) is 12.8 Å². The van der Waals surface area contributed by atoms with Gasteiger partial charge in [0.15, 0.2) is 0 Å². The third-order valence-electron chi connectivity index (χ3n) is 3.93. The van der Waals surface area contributed by atoms with E-state index < -0.39 is 6.10 Å². The van der Waals surface area contributed by atoms with Crippen molar-refractivity contribution in [3.05, 3.63) is 42.0 Å². The number of unbranched alkanes of at least 4 members (excludes halogenated alkanes) is 3. The minimum Gasteiger partial charge on any atom is -0.466 e. The molecule has 0 aliphatic carbocycles. The van der Waals surface area contributed by atoms with E-state index in [0.717, 1.165) is 38.5 Å². The lowest BCUT2D eigenvalue weighted by molar-refractivity contribution is -0.143. The van der Waals surface area contributed by atoms with Crippen molar-refractivity contribution in [2.24, 2.45) is 0 Å². The molecule has 0 fully saturated rings. The maximum absolute atomic E-state index is 12.0. The van der Waals surface area contributed by atoms with Crippen LogP contribution in [-0.4, -0.2) is 40.1 Å². The Labute approximate surface area is 168 Å². The van der Waals surface area contributed by atoms with Crippen molar-refractivity contribution in [1.82, 2.24) is 0 Å². The molecule has 6 nitrogen and oxygen atoms in total. The van der Waals surface area contributed by atoms with Crippen LogP contribution in [0.1, 0.15) is 71.6 Å². The van der Waals surface area contributed by atoms with Gasteiger partial charge in [-0.15, -0.1) is 0 Å². The van der Waals surface area contributed by atoms with E-state index in [1.807, 2.05) is 18.2 Å². The van der Waals surface area contributed by atoms with Crippen LogP contribution in [0.4, 0.5) is 0 Å². The lowest BCUT2D eigenvalue weighted by Crippen LogP contribution is -2.20. The molecule has 0 heterocycles. The minimum atomic E-state index is -0.904. The first-order valence-electron chi connectivity index (χ1n) is 10.1. The second-order valence-corrected chi connectivity index (χ2v) is 6.42. The van der Waals surface area contributed by atoms with Crippen molar-refractivity contribution in [3.63, 3.8) is 0 Å². The van der Waals surface area contributed by atoms with Crippen LogP contribution in [0.15, 0.2) is 36.5 Å². The number of carbonyl (C=O) groups excluding carboxylic acids is 2. The molecule has 0 aliphatic rings. The molecule has 0 aromatic carbocycles. The molecule has 0 saturated carbocycles. The zero-order valence-electron chi connectivity index (χ0n) is 17.2. The van der Waals surface area contributed by atoms with Gasteiger partial charge in [0.25, 0.3) is 0 Å². The highest BCUT2D eigenvalue weighted by molar-refractivity contribution is 6.37. The van der Waals surface area contributed by atoms with Crippen LogP contribution < -0.4 is 0 Å². The molecule has 1 unspecified atom stereocenters. The number of rotatable bonds is 16. The molecule has 1 atom stereocenters. The first kappa shape index (κ1) is 25.7. The van der Waals surface area contributed by atoms with Gasteiger partial charge in [0.2, 0.25) is 5.78 Å². The Bertz CT molecular complexity index is 587. The van der Waals surface area contributed by atoms with Gasteiger partial charge in [-0.2, -0.15) is 4.79 Å². The summed E-state index contributed by atoms with van der Waals surface area (Å²) in [6.07, 6.45) is 16.0. The fourth-order valence-corrected chi connectivity index (χ4v) is 2.40. The van der Waals surface area contributed by atoms with E-state index in [2.05, 4.69) is 11.7 Å². The monoisotopic (exact) mass is 390 g/mol. The number of ether oxygens (including phenoxy) is 1. The predicted octanol–water partition coefficient (Wildman–Crippen LogP) is 4.35. The number of carbonyl (C=O) groups is 2. The van der Waals surface area contributed by atoms with Crippen LogP contribution in [0.5, 0.6) is 0 Å². The number of Topliss-reactive ketones (excluding diaryl/α,β-unsaturated/α-hetero) is 1. The minimum absolute atomic E-state index is 0.0871. The largest absolute Gasteiger partial charge is 0.466 e. The molecule has 6 heteroatoms. The van der Waals surface area contributed by atoms with Gasteiger partial charge in [-0.3, -0.25) is 9.59 Å². The molecule has 0 rings (SSSR count). The number of hydrogen-bond acceptors (Lipinski definition) is 4. The highest BCUT2D eigenvalue weighted by atomic mass is 16.5. The van der Waals surface area contributed by atoms with Crippen LogP contribution in [0, 0.1) is 0 Å². The quantitative estimate of drug-likeness (QED) is 0.0805. The van der Waals surface area contributed by atoms with Crippen molar-refractivity contribution < 1.29 is 24.2 Å². The second-order valence-electron chi connectivity index (χ2n) is 6.42. The van der Waals surface area contributed by atoms with E-state index in [0.29, 0.717) is 19.4 Å². The van der Waals surface area contributed by atoms with Crippen LogP contribution in [0.3, 0.4) is 0 Å². The van der Waals surface area contributed by atoms with E-state index in [9.17, 15) is 14.7 Å². The first-order valence-corrected chi connectivity index (χ1v) is 10.1. The Morgan fingerprint density at radius 2 is 1.86 bits per heavy atom. The van der Waals surface area contributed by atoms with Gasteiger partial charge in [-0.25, -0.2) is 0 Å². The molecule has 1 N–H and O–H groups in total.